The van der Waals surface area contributed by atoms with Gasteiger partial charge in [0.15, 0.2) is 0 Å². The van der Waals surface area contributed by atoms with Crippen LogP contribution in [0.25, 0.3) is 0 Å². The first-order valence-corrected chi connectivity index (χ1v) is 6.69. The third-order valence-corrected chi connectivity index (χ3v) is 4.00. The van der Waals surface area contributed by atoms with Gasteiger partial charge in [-0.3, -0.25) is 0 Å². The number of nitrogens with two attached hydrogens (primary N) is 1. The van der Waals surface area contributed by atoms with E-state index >= 15 is 0 Å². The second-order valence-corrected chi connectivity index (χ2v) is 5.37. The molecule has 1 fully saturated rings. The van der Waals surface area contributed by atoms with Crippen LogP contribution in [-0.4, -0.2) is 24.5 Å². The summed E-state index contributed by atoms with van der Waals surface area (Å²) < 4.78 is 0. The second-order valence-electron chi connectivity index (χ2n) is 5.37. The highest BCUT2D eigenvalue weighted by molar-refractivity contribution is 5.23. The van der Waals surface area contributed by atoms with Crippen LogP contribution < -0.4 is 5.73 Å². The summed E-state index contributed by atoms with van der Waals surface area (Å²) in [5.74, 6) is 0. The Hall–Kier alpha value is -0.860. The van der Waals surface area contributed by atoms with Crippen molar-refractivity contribution in [2.24, 2.45) is 5.73 Å². The third-order valence-electron chi connectivity index (χ3n) is 4.00. The van der Waals surface area contributed by atoms with Gasteiger partial charge in [0.1, 0.15) is 0 Å². The Balaban J connectivity index is 1.80. The maximum atomic E-state index is 6.23. The Kier molecular flexibility index (Phi) is 4.19. The fraction of sp³-hybridized carbons (Fsp3) is 0.600. The molecular weight excluding hydrogens is 208 g/mol. The first kappa shape index (κ1) is 12.6. The van der Waals surface area contributed by atoms with E-state index in [1.54, 1.807) is 0 Å². The van der Waals surface area contributed by atoms with Gasteiger partial charge in [0, 0.05) is 12.1 Å². The van der Waals surface area contributed by atoms with Crippen LogP contribution in [0.2, 0.25) is 0 Å². The van der Waals surface area contributed by atoms with Gasteiger partial charge < -0.3 is 10.6 Å². The lowest BCUT2D eigenvalue weighted by Crippen LogP contribution is -2.38. The van der Waals surface area contributed by atoms with E-state index in [0.717, 1.165) is 19.0 Å². The van der Waals surface area contributed by atoms with E-state index in [2.05, 4.69) is 43.1 Å². The van der Waals surface area contributed by atoms with Gasteiger partial charge >= 0.3 is 0 Å². The Labute approximate surface area is 105 Å². The summed E-state index contributed by atoms with van der Waals surface area (Å²) in [6, 6.07) is 9.60. The molecule has 0 amide bonds. The number of aryl methyl sites for hydroxylation is 1. The number of nitrogens with zero attached hydrogens (tertiary/aromatic N) is 1. The molecule has 1 saturated carbocycles. The maximum absolute atomic E-state index is 6.23. The van der Waals surface area contributed by atoms with Crippen molar-refractivity contribution in [1.82, 2.24) is 4.90 Å². The summed E-state index contributed by atoms with van der Waals surface area (Å²) in [7, 11) is 2.23. The fourth-order valence-corrected chi connectivity index (χ4v) is 2.33. The van der Waals surface area contributed by atoms with Crippen LogP contribution in [0.3, 0.4) is 0 Å². The molecule has 2 heteroatoms. The molecule has 1 unspecified atom stereocenters. The molecule has 0 heterocycles. The van der Waals surface area contributed by atoms with Crippen LogP contribution in [-0.2, 0) is 0 Å². The normalized spacial score (nSPS) is 18.1. The lowest BCUT2D eigenvalue weighted by atomic mass is 9.91. The van der Waals surface area contributed by atoms with E-state index in [1.807, 2.05) is 0 Å². The predicted molar refractivity (Wildman–Crippen MR) is 73.0 cm³/mol. The molecule has 0 aliphatic heterocycles. The summed E-state index contributed by atoms with van der Waals surface area (Å²) in [5.41, 5.74) is 8.79. The van der Waals surface area contributed by atoms with Crippen molar-refractivity contribution in [2.45, 2.75) is 44.7 Å². The molecule has 1 aromatic rings. The van der Waals surface area contributed by atoms with Gasteiger partial charge in [0.2, 0.25) is 0 Å². The molecule has 1 aromatic carbocycles. The SMILES string of the molecule is Cc1ccc(C(N)CCN(C)C2CCC2)cc1. The summed E-state index contributed by atoms with van der Waals surface area (Å²) in [5, 5.41) is 0. The topological polar surface area (TPSA) is 29.3 Å². The molecule has 94 valence electrons. The molecule has 1 aliphatic rings. The lowest BCUT2D eigenvalue weighted by Gasteiger charge is -2.35. The molecule has 1 atom stereocenters. The number of hydrogen-bond acceptors (Lipinski definition) is 2. The molecule has 2 rings (SSSR count). The Bertz CT molecular complexity index is 340. The van der Waals surface area contributed by atoms with E-state index in [-0.39, 0.29) is 6.04 Å². The van der Waals surface area contributed by atoms with E-state index in [4.69, 9.17) is 5.73 Å². The molecule has 1 aliphatic carbocycles. The van der Waals surface area contributed by atoms with Crippen molar-refractivity contribution >= 4 is 0 Å². The Morgan fingerprint density at radius 2 is 1.94 bits per heavy atom. The summed E-state index contributed by atoms with van der Waals surface area (Å²) in [6.45, 7) is 3.22. The average molecular weight is 232 g/mol. The highest BCUT2D eigenvalue weighted by Gasteiger charge is 2.21. The van der Waals surface area contributed by atoms with Crippen molar-refractivity contribution in [2.75, 3.05) is 13.6 Å². The second kappa shape index (κ2) is 5.65. The number of rotatable bonds is 5. The molecule has 17 heavy (non-hydrogen) atoms. The van der Waals surface area contributed by atoms with Crippen molar-refractivity contribution in [3.8, 4) is 0 Å². The van der Waals surface area contributed by atoms with Crippen LogP contribution >= 0.6 is 0 Å². The molecule has 0 saturated heterocycles. The molecule has 2 nitrogen and oxygen atoms in total. The van der Waals surface area contributed by atoms with Crippen LogP contribution in [0.4, 0.5) is 0 Å². The molecule has 0 spiro atoms. The summed E-state index contributed by atoms with van der Waals surface area (Å²) in [4.78, 5) is 2.47. The van der Waals surface area contributed by atoms with Crippen molar-refractivity contribution in [3.05, 3.63) is 35.4 Å². The molecule has 2 N–H and O–H groups in total. The lowest BCUT2D eigenvalue weighted by molar-refractivity contribution is 0.155. The Morgan fingerprint density at radius 1 is 1.29 bits per heavy atom. The van der Waals surface area contributed by atoms with Gasteiger partial charge in [0.25, 0.3) is 0 Å². The van der Waals surface area contributed by atoms with E-state index in [1.165, 1.54) is 30.4 Å². The minimum Gasteiger partial charge on any atom is -0.324 e. The zero-order valence-corrected chi connectivity index (χ0v) is 11.0. The minimum atomic E-state index is 0.179. The average Bonchev–Trinajstić information content (AvgIpc) is 2.24. The smallest absolute Gasteiger partial charge is 0.0307 e. The molecule has 0 bridgehead atoms. The van der Waals surface area contributed by atoms with Gasteiger partial charge in [-0.15, -0.1) is 0 Å². The first-order valence-electron chi connectivity index (χ1n) is 6.69. The fourth-order valence-electron chi connectivity index (χ4n) is 2.33. The Morgan fingerprint density at radius 3 is 2.47 bits per heavy atom. The monoisotopic (exact) mass is 232 g/mol. The van der Waals surface area contributed by atoms with Gasteiger partial charge in [0.05, 0.1) is 0 Å². The molecule has 0 radical (unpaired) electrons. The maximum Gasteiger partial charge on any atom is 0.0307 e. The highest BCUT2D eigenvalue weighted by atomic mass is 15.1. The van der Waals surface area contributed by atoms with Gasteiger partial charge in [-0.05, 0) is 45.3 Å². The largest absolute Gasteiger partial charge is 0.324 e. The third kappa shape index (κ3) is 3.30. The zero-order chi connectivity index (χ0) is 12.3. The number of hydrogen-bond donors (Lipinski definition) is 1. The standard InChI is InChI=1S/C15H24N2/c1-12-6-8-13(9-7-12)15(16)10-11-17(2)14-4-3-5-14/h6-9,14-15H,3-5,10-11,16H2,1-2H3. The highest BCUT2D eigenvalue weighted by Crippen LogP contribution is 2.24. The van der Waals surface area contributed by atoms with E-state index in [0.29, 0.717) is 0 Å². The van der Waals surface area contributed by atoms with Gasteiger partial charge in [-0.1, -0.05) is 36.2 Å². The quantitative estimate of drug-likeness (QED) is 0.846. The van der Waals surface area contributed by atoms with Crippen molar-refractivity contribution < 1.29 is 0 Å². The van der Waals surface area contributed by atoms with Crippen molar-refractivity contribution in [3.63, 3.8) is 0 Å². The molecular formula is C15H24N2. The van der Waals surface area contributed by atoms with Crippen molar-refractivity contribution in [1.29, 1.82) is 0 Å². The predicted octanol–water partition coefficient (Wildman–Crippen LogP) is 2.87. The van der Waals surface area contributed by atoms with Crippen LogP contribution in [0, 0.1) is 6.92 Å². The number of benzene rings is 1. The van der Waals surface area contributed by atoms with Gasteiger partial charge in [-0.2, -0.15) is 0 Å². The van der Waals surface area contributed by atoms with E-state index < -0.39 is 0 Å². The molecule has 0 aromatic heterocycles. The minimum absolute atomic E-state index is 0.179. The van der Waals surface area contributed by atoms with E-state index in [9.17, 15) is 0 Å². The zero-order valence-electron chi connectivity index (χ0n) is 11.0. The first-order chi connectivity index (χ1) is 8.16. The summed E-state index contributed by atoms with van der Waals surface area (Å²) >= 11 is 0. The van der Waals surface area contributed by atoms with Crippen LogP contribution in [0.1, 0.15) is 42.9 Å². The summed E-state index contributed by atoms with van der Waals surface area (Å²) in [6.07, 6.45) is 5.20. The van der Waals surface area contributed by atoms with Crippen LogP contribution in [0.5, 0.6) is 0 Å². The van der Waals surface area contributed by atoms with Crippen LogP contribution in [0.15, 0.2) is 24.3 Å². The van der Waals surface area contributed by atoms with Gasteiger partial charge in [-0.25, -0.2) is 0 Å².